The molecule has 0 spiro atoms. The zero-order valence-electron chi connectivity index (χ0n) is 14.3. The summed E-state index contributed by atoms with van der Waals surface area (Å²) in [7, 11) is -3.22. The molecular formula is C17H25N3O3S. The summed E-state index contributed by atoms with van der Waals surface area (Å²) in [5.74, 6) is 0.166. The summed E-state index contributed by atoms with van der Waals surface area (Å²) in [5, 5.41) is 0. The molecule has 1 aromatic carbocycles. The lowest BCUT2D eigenvalue weighted by molar-refractivity contribution is 0.0595. The average Bonchev–Trinajstić information content (AvgIpc) is 2.93. The van der Waals surface area contributed by atoms with E-state index in [1.807, 2.05) is 4.90 Å². The molecule has 0 N–H and O–H groups in total. The number of hydrogen-bond acceptors (Lipinski definition) is 4. The van der Waals surface area contributed by atoms with Crippen LogP contribution in [-0.4, -0.2) is 68.6 Å². The third kappa shape index (κ3) is 3.42. The van der Waals surface area contributed by atoms with Gasteiger partial charge in [0, 0.05) is 44.3 Å². The van der Waals surface area contributed by atoms with Gasteiger partial charge in [0.05, 0.1) is 11.4 Å². The van der Waals surface area contributed by atoms with Crippen LogP contribution >= 0.6 is 0 Å². The van der Waals surface area contributed by atoms with Crippen molar-refractivity contribution in [2.75, 3.05) is 42.8 Å². The van der Waals surface area contributed by atoms with E-state index in [1.54, 1.807) is 24.3 Å². The quantitative estimate of drug-likeness (QED) is 0.826. The SMILES string of the molecule is CC(C)N1CCN(C(=O)c2cccc(N3CCCS3(=O)=O)c2)CC1. The summed E-state index contributed by atoms with van der Waals surface area (Å²) in [5.41, 5.74) is 1.16. The molecule has 0 radical (unpaired) electrons. The highest BCUT2D eigenvalue weighted by Gasteiger charge is 2.29. The smallest absolute Gasteiger partial charge is 0.254 e. The maximum atomic E-state index is 12.7. The van der Waals surface area contributed by atoms with Gasteiger partial charge < -0.3 is 4.90 Å². The van der Waals surface area contributed by atoms with Crippen LogP contribution in [0.25, 0.3) is 0 Å². The Morgan fingerprint density at radius 1 is 1.08 bits per heavy atom. The second-order valence-corrected chi connectivity index (χ2v) is 8.73. The van der Waals surface area contributed by atoms with E-state index < -0.39 is 10.0 Å². The summed E-state index contributed by atoms with van der Waals surface area (Å²) in [4.78, 5) is 17.0. The number of anilines is 1. The fourth-order valence-corrected chi connectivity index (χ4v) is 4.90. The minimum Gasteiger partial charge on any atom is -0.336 e. The van der Waals surface area contributed by atoms with Gasteiger partial charge in [-0.25, -0.2) is 8.42 Å². The summed E-state index contributed by atoms with van der Waals surface area (Å²) < 4.78 is 25.6. The van der Waals surface area contributed by atoms with E-state index in [9.17, 15) is 13.2 Å². The standard InChI is InChI=1S/C17H25N3O3S/c1-14(2)18-8-10-19(11-9-18)17(21)15-5-3-6-16(13-15)20-7-4-12-24(20,22)23/h3,5-6,13-14H,4,7-12H2,1-2H3. The van der Waals surface area contributed by atoms with E-state index in [0.717, 1.165) is 13.1 Å². The first kappa shape index (κ1) is 17.2. The molecule has 3 rings (SSSR count). The minimum atomic E-state index is -3.22. The lowest BCUT2D eigenvalue weighted by atomic mass is 10.1. The molecule has 0 unspecified atom stereocenters. The number of nitrogens with zero attached hydrogens (tertiary/aromatic N) is 3. The first-order chi connectivity index (χ1) is 11.4. The molecule has 7 heteroatoms. The van der Waals surface area contributed by atoms with E-state index in [0.29, 0.717) is 43.3 Å². The Morgan fingerprint density at radius 3 is 2.38 bits per heavy atom. The van der Waals surface area contributed by atoms with Gasteiger partial charge in [0.25, 0.3) is 5.91 Å². The first-order valence-corrected chi connectivity index (χ1v) is 10.1. The number of piperazine rings is 1. The summed E-state index contributed by atoms with van der Waals surface area (Å²) in [6.07, 6.45) is 0.637. The number of sulfonamides is 1. The average molecular weight is 351 g/mol. The fourth-order valence-electron chi connectivity index (χ4n) is 3.35. The van der Waals surface area contributed by atoms with Crippen molar-refractivity contribution < 1.29 is 13.2 Å². The van der Waals surface area contributed by atoms with Gasteiger partial charge in [0.15, 0.2) is 0 Å². The van der Waals surface area contributed by atoms with Crippen molar-refractivity contribution in [2.24, 2.45) is 0 Å². The Morgan fingerprint density at radius 2 is 1.79 bits per heavy atom. The largest absolute Gasteiger partial charge is 0.336 e. The van der Waals surface area contributed by atoms with E-state index in [4.69, 9.17) is 0 Å². The molecule has 0 saturated carbocycles. The van der Waals surface area contributed by atoms with Crippen LogP contribution in [0.15, 0.2) is 24.3 Å². The van der Waals surface area contributed by atoms with Crippen molar-refractivity contribution >= 4 is 21.6 Å². The van der Waals surface area contributed by atoms with Crippen molar-refractivity contribution in [3.05, 3.63) is 29.8 Å². The van der Waals surface area contributed by atoms with Crippen molar-refractivity contribution in [1.82, 2.24) is 9.80 Å². The predicted molar refractivity (Wildman–Crippen MR) is 94.8 cm³/mol. The number of carbonyl (C=O) groups is 1. The summed E-state index contributed by atoms with van der Waals surface area (Å²) >= 11 is 0. The minimum absolute atomic E-state index is 0.0168. The zero-order valence-corrected chi connectivity index (χ0v) is 15.1. The Labute approximate surface area is 144 Å². The van der Waals surface area contributed by atoms with Crippen LogP contribution in [0.3, 0.4) is 0 Å². The van der Waals surface area contributed by atoms with Crippen LogP contribution in [0.5, 0.6) is 0 Å². The Bertz CT molecular complexity index is 710. The normalized spacial score (nSPS) is 21.5. The number of amides is 1. The highest BCUT2D eigenvalue weighted by molar-refractivity contribution is 7.93. The summed E-state index contributed by atoms with van der Waals surface area (Å²) in [6.45, 7) is 8.00. The third-order valence-corrected chi connectivity index (χ3v) is 6.68. The molecular weight excluding hydrogens is 326 g/mol. The number of carbonyl (C=O) groups excluding carboxylic acids is 1. The second kappa shape index (κ2) is 6.72. The van der Waals surface area contributed by atoms with E-state index >= 15 is 0 Å². The molecule has 0 atom stereocenters. The second-order valence-electron chi connectivity index (χ2n) is 6.71. The van der Waals surface area contributed by atoms with Crippen LogP contribution in [0.4, 0.5) is 5.69 Å². The van der Waals surface area contributed by atoms with Crippen molar-refractivity contribution in [2.45, 2.75) is 26.3 Å². The zero-order chi connectivity index (χ0) is 17.3. The molecule has 2 heterocycles. The lowest BCUT2D eigenvalue weighted by Crippen LogP contribution is -2.50. The maximum absolute atomic E-state index is 12.7. The van der Waals surface area contributed by atoms with Gasteiger partial charge in [0.2, 0.25) is 10.0 Å². The number of benzene rings is 1. The van der Waals surface area contributed by atoms with Crippen LogP contribution < -0.4 is 4.31 Å². The Hall–Kier alpha value is -1.60. The van der Waals surface area contributed by atoms with Crippen LogP contribution in [0, 0.1) is 0 Å². The van der Waals surface area contributed by atoms with E-state index in [-0.39, 0.29) is 11.7 Å². The van der Waals surface area contributed by atoms with Gasteiger partial charge in [-0.3, -0.25) is 14.0 Å². The molecule has 6 nitrogen and oxygen atoms in total. The van der Waals surface area contributed by atoms with E-state index in [2.05, 4.69) is 18.7 Å². The van der Waals surface area contributed by atoms with Gasteiger partial charge in [0.1, 0.15) is 0 Å². The Kier molecular flexibility index (Phi) is 4.83. The molecule has 1 amide bonds. The molecule has 0 aliphatic carbocycles. The van der Waals surface area contributed by atoms with Crippen LogP contribution in [0.2, 0.25) is 0 Å². The Balaban J connectivity index is 1.74. The third-order valence-electron chi connectivity index (χ3n) is 4.81. The van der Waals surface area contributed by atoms with E-state index in [1.165, 1.54) is 4.31 Å². The van der Waals surface area contributed by atoms with Crippen molar-refractivity contribution in [1.29, 1.82) is 0 Å². The maximum Gasteiger partial charge on any atom is 0.254 e. The predicted octanol–water partition coefficient (Wildman–Crippen LogP) is 1.39. The number of rotatable bonds is 3. The van der Waals surface area contributed by atoms with Crippen molar-refractivity contribution in [3.63, 3.8) is 0 Å². The molecule has 0 bridgehead atoms. The molecule has 132 valence electrons. The molecule has 2 fully saturated rings. The molecule has 24 heavy (non-hydrogen) atoms. The highest BCUT2D eigenvalue weighted by Crippen LogP contribution is 2.25. The van der Waals surface area contributed by atoms with Crippen LogP contribution in [-0.2, 0) is 10.0 Å². The molecule has 1 aromatic rings. The van der Waals surface area contributed by atoms with Gasteiger partial charge in [-0.2, -0.15) is 0 Å². The molecule has 0 aromatic heterocycles. The molecule has 2 aliphatic rings. The topological polar surface area (TPSA) is 60.9 Å². The fraction of sp³-hybridized carbons (Fsp3) is 0.588. The lowest BCUT2D eigenvalue weighted by Gasteiger charge is -2.37. The van der Waals surface area contributed by atoms with Gasteiger partial charge in [-0.15, -0.1) is 0 Å². The highest BCUT2D eigenvalue weighted by atomic mass is 32.2. The molecule has 2 aliphatic heterocycles. The number of hydrogen-bond donors (Lipinski definition) is 0. The summed E-state index contributed by atoms with van der Waals surface area (Å²) in [6, 6.07) is 7.49. The molecule has 2 saturated heterocycles. The van der Waals surface area contributed by atoms with Gasteiger partial charge >= 0.3 is 0 Å². The van der Waals surface area contributed by atoms with Gasteiger partial charge in [-0.05, 0) is 38.5 Å². The van der Waals surface area contributed by atoms with Gasteiger partial charge in [-0.1, -0.05) is 6.07 Å². The first-order valence-electron chi connectivity index (χ1n) is 8.52. The van der Waals surface area contributed by atoms with Crippen LogP contribution in [0.1, 0.15) is 30.6 Å². The monoisotopic (exact) mass is 351 g/mol. The van der Waals surface area contributed by atoms with Crippen molar-refractivity contribution in [3.8, 4) is 0 Å².